The zero-order valence-electron chi connectivity index (χ0n) is 11.5. The molecule has 1 aromatic carbocycles. The highest BCUT2D eigenvalue weighted by atomic mass is 19.4. The summed E-state index contributed by atoms with van der Waals surface area (Å²) in [7, 11) is 0. The quantitative estimate of drug-likeness (QED) is 0.643. The topological polar surface area (TPSA) is 50.4 Å². The molecule has 0 aliphatic carbocycles. The van der Waals surface area contributed by atoms with E-state index in [0.29, 0.717) is 24.3 Å². The third kappa shape index (κ3) is 4.17. The predicted octanol–water partition coefficient (Wildman–Crippen LogP) is 3.80. The average Bonchev–Trinajstić information content (AvgIpc) is 2.38. The summed E-state index contributed by atoms with van der Waals surface area (Å²) < 4.78 is 95.5. The van der Waals surface area contributed by atoms with Crippen molar-refractivity contribution in [3.63, 3.8) is 0 Å². The van der Waals surface area contributed by atoms with E-state index in [1.165, 1.54) is 6.92 Å². The van der Waals surface area contributed by atoms with Crippen LogP contribution in [-0.2, 0) is 4.74 Å². The van der Waals surface area contributed by atoms with Gasteiger partial charge < -0.3 is 10.1 Å². The van der Waals surface area contributed by atoms with Gasteiger partial charge in [-0.05, 0) is 31.2 Å². The van der Waals surface area contributed by atoms with Crippen molar-refractivity contribution in [3.05, 3.63) is 30.1 Å². The lowest BCUT2D eigenvalue weighted by molar-refractivity contribution is -0.294. The molecule has 0 aliphatic rings. The first-order chi connectivity index (χ1) is 10.4. The van der Waals surface area contributed by atoms with E-state index >= 15 is 0 Å². The molecule has 0 saturated carbocycles. The van der Waals surface area contributed by atoms with Crippen LogP contribution in [-0.4, -0.2) is 30.7 Å². The fourth-order valence-corrected chi connectivity index (χ4v) is 1.55. The van der Waals surface area contributed by atoms with Crippen molar-refractivity contribution >= 4 is 11.8 Å². The number of hydrogen-bond donors (Lipinski definition) is 2. The van der Waals surface area contributed by atoms with Gasteiger partial charge in [0.2, 0.25) is 0 Å². The highest BCUT2D eigenvalue weighted by Gasteiger charge is 2.73. The normalized spacial score (nSPS) is 12.7. The van der Waals surface area contributed by atoms with E-state index in [-0.39, 0.29) is 0 Å². The van der Waals surface area contributed by atoms with Gasteiger partial charge in [0, 0.05) is 5.69 Å². The van der Waals surface area contributed by atoms with Crippen molar-refractivity contribution < 1.29 is 40.3 Å². The maximum atomic E-state index is 13.1. The predicted molar refractivity (Wildman–Crippen MR) is 65.0 cm³/mol. The van der Waals surface area contributed by atoms with Gasteiger partial charge in [0.1, 0.15) is 5.82 Å². The highest BCUT2D eigenvalue weighted by Crippen LogP contribution is 2.43. The molecule has 0 unspecified atom stereocenters. The van der Waals surface area contributed by atoms with Crippen LogP contribution in [0.1, 0.15) is 6.92 Å². The number of hydrogen-bond acceptors (Lipinski definition) is 3. The minimum absolute atomic E-state index is 0.436. The average molecular weight is 348 g/mol. The molecule has 0 saturated heterocycles. The minimum atomic E-state index is -5.97. The Balaban J connectivity index is 3.32. The van der Waals surface area contributed by atoms with Crippen LogP contribution in [0.2, 0.25) is 0 Å². The summed E-state index contributed by atoms with van der Waals surface area (Å²) in [6.45, 7) is 0.768. The van der Waals surface area contributed by atoms with Gasteiger partial charge in [0.15, 0.2) is 0 Å². The van der Waals surface area contributed by atoms with Crippen LogP contribution in [0.3, 0.4) is 0 Å². The highest BCUT2D eigenvalue weighted by molar-refractivity contribution is 5.69. The molecule has 0 heterocycles. The second-order valence-electron chi connectivity index (χ2n) is 4.22. The number of alkyl carbamates (subject to hydrolysis) is 1. The first-order valence-corrected chi connectivity index (χ1v) is 6.05. The number of amides is 1. The summed E-state index contributed by atoms with van der Waals surface area (Å²) in [6.07, 6.45) is -13.9. The molecular weight excluding hydrogens is 337 g/mol. The summed E-state index contributed by atoms with van der Waals surface area (Å²) in [5.74, 6) is -0.862. The molecule has 11 heteroatoms. The van der Waals surface area contributed by atoms with Gasteiger partial charge in [-0.3, -0.25) is 5.32 Å². The summed E-state index contributed by atoms with van der Waals surface area (Å²) in [4.78, 5) is 11.2. The summed E-state index contributed by atoms with van der Waals surface area (Å²) >= 11 is 0. The first-order valence-electron chi connectivity index (χ1n) is 6.05. The lowest BCUT2D eigenvalue weighted by Gasteiger charge is -2.38. The van der Waals surface area contributed by atoms with Gasteiger partial charge in [-0.15, -0.1) is 0 Å². The number of anilines is 1. The molecule has 0 atom stereocenters. The molecule has 0 bridgehead atoms. The third-order valence-corrected chi connectivity index (χ3v) is 2.59. The van der Waals surface area contributed by atoms with Crippen molar-refractivity contribution in [1.82, 2.24) is 5.32 Å². The summed E-state index contributed by atoms with van der Waals surface area (Å²) in [6, 6.07) is 2.64. The molecule has 0 aliphatic heterocycles. The molecule has 0 spiro atoms. The van der Waals surface area contributed by atoms with Crippen LogP contribution in [0.5, 0.6) is 0 Å². The van der Waals surface area contributed by atoms with E-state index < -0.39 is 42.2 Å². The molecule has 0 fully saturated rings. The van der Waals surface area contributed by atoms with Gasteiger partial charge in [0.05, 0.1) is 6.61 Å². The standard InChI is InChI=1S/C12H11F7N2O2/c1-2-23-9(22)21-10(11(14,15)16,12(17,18)19)20-8-5-3-7(13)4-6-8/h3-6,20H,2H2,1H3,(H,21,22). The molecule has 1 rings (SSSR count). The first kappa shape index (κ1) is 18.8. The zero-order valence-corrected chi connectivity index (χ0v) is 11.5. The number of halogens is 7. The number of carbonyl (C=O) groups excluding carboxylic acids is 1. The van der Waals surface area contributed by atoms with Crippen molar-refractivity contribution in [3.8, 4) is 0 Å². The van der Waals surface area contributed by atoms with E-state index in [9.17, 15) is 35.5 Å². The fraction of sp³-hybridized carbons (Fsp3) is 0.417. The Labute approximate surface area is 125 Å². The Bertz CT molecular complexity index is 526. The van der Waals surface area contributed by atoms with E-state index in [1.807, 2.05) is 0 Å². The van der Waals surface area contributed by atoms with Gasteiger partial charge in [-0.25, -0.2) is 9.18 Å². The largest absolute Gasteiger partial charge is 0.450 e. The van der Waals surface area contributed by atoms with Crippen molar-refractivity contribution in [2.45, 2.75) is 24.9 Å². The van der Waals surface area contributed by atoms with Gasteiger partial charge >= 0.3 is 24.1 Å². The Morgan fingerprint density at radius 3 is 1.91 bits per heavy atom. The van der Waals surface area contributed by atoms with Crippen LogP contribution in [0.15, 0.2) is 24.3 Å². The lowest BCUT2D eigenvalue weighted by Crippen LogP contribution is -2.72. The van der Waals surface area contributed by atoms with Gasteiger partial charge in [-0.1, -0.05) is 0 Å². The lowest BCUT2D eigenvalue weighted by atomic mass is 10.1. The summed E-state index contributed by atoms with van der Waals surface area (Å²) in [5.41, 5.74) is -5.51. The van der Waals surface area contributed by atoms with Crippen molar-refractivity contribution in [1.29, 1.82) is 0 Å². The molecule has 0 radical (unpaired) electrons. The summed E-state index contributed by atoms with van der Waals surface area (Å²) in [5, 5.41) is 1.92. The maximum absolute atomic E-state index is 13.1. The van der Waals surface area contributed by atoms with Crippen LogP contribution in [0.25, 0.3) is 0 Å². The van der Waals surface area contributed by atoms with Crippen LogP contribution >= 0.6 is 0 Å². The molecule has 23 heavy (non-hydrogen) atoms. The Hall–Kier alpha value is -2.20. The number of carbonyl (C=O) groups is 1. The van der Waals surface area contributed by atoms with Gasteiger partial charge in [-0.2, -0.15) is 26.3 Å². The van der Waals surface area contributed by atoms with E-state index in [1.54, 1.807) is 0 Å². The van der Waals surface area contributed by atoms with E-state index in [4.69, 9.17) is 0 Å². The van der Waals surface area contributed by atoms with Gasteiger partial charge in [0.25, 0.3) is 0 Å². The molecule has 1 amide bonds. The zero-order chi connectivity index (χ0) is 17.9. The number of ether oxygens (including phenoxy) is 1. The minimum Gasteiger partial charge on any atom is -0.450 e. The Kier molecular flexibility index (Phi) is 5.33. The molecule has 130 valence electrons. The molecule has 2 N–H and O–H groups in total. The van der Waals surface area contributed by atoms with Crippen LogP contribution in [0.4, 0.5) is 41.2 Å². The third-order valence-electron chi connectivity index (χ3n) is 2.59. The van der Waals surface area contributed by atoms with E-state index in [2.05, 4.69) is 4.74 Å². The number of alkyl halides is 6. The second-order valence-corrected chi connectivity index (χ2v) is 4.22. The number of benzene rings is 1. The monoisotopic (exact) mass is 348 g/mol. The fourth-order valence-electron chi connectivity index (χ4n) is 1.55. The number of rotatable bonds is 4. The second kappa shape index (κ2) is 6.50. The Morgan fingerprint density at radius 2 is 1.52 bits per heavy atom. The van der Waals surface area contributed by atoms with Crippen molar-refractivity contribution in [2.75, 3.05) is 11.9 Å². The van der Waals surface area contributed by atoms with Crippen LogP contribution in [0, 0.1) is 5.82 Å². The molecule has 0 aromatic heterocycles. The maximum Gasteiger partial charge on any atom is 0.439 e. The molecule has 4 nitrogen and oxygen atoms in total. The SMILES string of the molecule is CCOC(=O)NC(Nc1ccc(F)cc1)(C(F)(F)F)C(F)(F)F. The molecule has 1 aromatic rings. The molecular formula is C12H11F7N2O2. The van der Waals surface area contributed by atoms with Crippen molar-refractivity contribution in [2.24, 2.45) is 0 Å². The van der Waals surface area contributed by atoms with E-state index in [0.717, 1.165) is 10.6 Å². The smallest absolute Gasteiger partial charge is 0.439 e. The number of nitrogens with one attached hydrogen (secondary N) is 2. The van der Waals surface area contributed by atoms with Crippen LogP contribution < -0.4 is 10.6 Å². The Morgan fingerprint density at radius 1 is 1.04 bits per heavy atom.